The van der Waals surface area contributed by atoms with E-state index in [-0.39, 0.29) is 0 Å². The van der Waals surface area contributed by atoms with Crippen LogP contribution < -0.4 is 5.32 Å². The van der Waals surface area contributed by atoms with Crippen LogP contribution in [0.4, 0.5) is 0 Å². The largest absolute Gasteiger partial charge is 0.316 e. The Morgan fingerprint density at radius 1 is 1.00 bits per heavy atom. The minimum Gasteiger partial charge on any atom is -0.316 e. The van der Waals surface area contributed by atoms with Crippen LogP contribution in [0.3, 0.4) is 0 Å². The van der Waals surface area contributed by atoms with Gasteiger partial charge in [-0.2, -0.15) is 0 Å². The molecule has 3 fully saturated rings. The quantitative estimate of drug-likeness (QED) is 0.733. The molecule has 18 heavy (non-hydrogen) atoms. The van der Waals surface area contributed by atoms with E-state index in [0.717, 1.165) is 23.7 Å². The molecule has 104 valence electrons. The lowest BCUT2D eigenvalue weighted by Gasteiger charge is -2.54. The average molecular weight is 249 g/mol. The molecule has 0 amide bonds. The van der Waals surface area contributed by atoms with Crippen LogP contribution in [0.5, 0.6) is 0 Å². The summed E-state index contributed by atoms with van der Waals surface area (Å²) in [6.45, 7) is 7.64. The van der Waals surface area contributed by atoms with Gasteiger partial charge in [0.1, 0.15) is 0 Å². The fraction of sp³-hybridized carbons (Fsp3) is 1.00. The highest BCUT2D eigenvalue weighted by atomic mass is 14.9. The fourth-order valence-corrected chi connectivity index (χ4v) is 5.60. The fourth-order valence-electron chi connectivity index (χ4n) is 5.60. The van der Waals surface area contributed by atoms with E-state index < -0.39 is 0 Å². The molecule has 2 aliphatic carbocycles. The third-order valence-electron chi connectivity index (χ3n) is 6.68. The standard InChI is InChI=1S/C17H31N/c1-13-7-8-17(14(2)11-13)9-10-18-12-16(17)15-5-3-4-6-15/h13-16,18H,3-12H2,1-2H3. The zero-order valence-corrected chi connectivity index (χ0v) is 12.4. The van der Waals surface area contributed by atoms with E-state index in [4.69, 9.17) is 0 Å². The van der Waals surface area contributed by atoms with Gasteiger partial charge in [-0.05, 0) is 61.4 Å². The molecule has 1 heterocycles. The Bertz CT molecular complexity index is 281. The normalized spacial score (nSPS) is 46.7. The van der Waals surface area contributed by atoms with Gasteiger partial charge in [0.15, 0.2) is 0 Å². The summed E-state index contributed by atoms with van der Waals surface area (Å²) >= 11 is 0. The van der Waals surface area contributed by atoms with Gasteiger partial charge < -0.3 is 5.32 Å². The van der Waals surface area contributed by atoms with Crippen molar-refractivity contribution in [3.05, 3.63) is 0 Å². The monoisotopic (exact) mass is 249 g/mol. The van der Waals surface area contributed by atoms with Gasteiger partial charge in [0, 0.05) is 0 Å². The molecule has 1 aliphatic heterocycles. The number of rotatable bonds is 1. The van der Waals surface area contributed by atoms with Gasteiger partial charge in [0.2, 0.25) is 0 Å². The summed E-state index contributed by atoms with van der Waals surface area (Å²) in [6, 6.07) is 0. The summed E-state index contributed by atoms with van der Waals surface area (Å²) in [5.41, 5.74) is 0.715. The Morgan fingerprint density at radius 3 is 2.50 bits per heavy atom. The molecule has 0 bridgehead atoms. The minimum absolute atomic E-state index is 0.715. The summed E-state index contributed by atoms with van der Waals surface area (Å²) in [7, 11) is 0. The van der Waals surface area contributed by atoms with E-state index in [1.165, 1.54) is 64.5 Å². The van der Waals surface area contributed by atoms with Crippen molar-refractivity contribution in [2.24, 2.45) is 29.1 Å². The SMILES string of the molecule is CC1CCC2(CCNCC2C2CCCC2)C(C)C1. The molecule has 1 saturated heterocycles. The van der Waals surface area contributed by atoms with Gasteiger partial charge >= 0.3 is 0 Å². The highest BCUT2D eigenvalue weighted by molar-refractivity contribution is 5.00. The van der Waals surface area contributed by atoms with E-state index in [1.54, 1.807) is 0 Å². The van der Waals surface area contributed by atoms with E-state index in [1.807, 2.05) is 0 Å². The number of hydrogen-bond donors (Lipinski definition) is 1. The van der Waals surface area contributed by atoms with Crippen LogP contribution in [0, 0.1) is 29.1 Å². The molecule has 1 N–H and O–H groups in total. The van der Waals surface area contributed by atoms with Crippen molar-refractivity contribution in [3.8, 4) is 0 Å². The van der Waals surface area contributed by atoms with Gasteiger partial charge in [-0.25, -0.2) is 0 Å². The second-order valence-electron chi connectivity index (χ2n) is 7.62. The van der Waals surface area contributed by atoms with Crippen molar-refractivity contribution in [1.82, 2.24) is 5.32 Å². The van der Waals surface area contributed by atoms with Crippen LogP contribution in [0.2, 0.25) is 0 Å². The van der Waals surface area contributed by atoms with Crippen LogP contribution in [0.25, 0.3) is 0 Å². The molecule has 4 atom stereocenters. The molecule has 3 aliphatic rings. The first-order chi connectivity index (χ1) is 8.72. The summed E-state index contributed by atoms with van der Waals surface area (Å²) < 4.78 is 0. The van der Waals surface area contributed by atoms with Crippen molar-refractivity contribution in [2.45, 2.75) is 65.2 Å². The zero-order valence-electron chi connectivity index (χ0n) is 12.4. The Morgan fingerprint density at radius 2 is 1.78 bits per heavy atom. The van der Waals surface area contributed by atoms with Crippen molar-refractivity contribution in [3.63, 3.8) is 0 Å². The Balaban J connectivity index is 1.81. The van der Waals surface area contributed by atoms with Gasteiger partial charge in [0.05, 0.1) is 0 Å². The van der Waals surface area contributed by atoms with Gasteiger partial charge in [-0.3, -0.25) is 0 Å². The predicted octanol–water partition coefficient (Wildman–Crippen LogP) is 4.23. The summed E-state index contributed by atoms with van der Waals surface area (Å²) in [4.78, 5) is 0. The van der Waals surface area contributed by atoms with Crippen molar-refractivity contribution < 1.29 is 0 Å². The predicted molar refractivity (Wildman–Crippen MR) is 77.5 cm³/mol. The second kappa shape index (κ2) is 5.15. The number of hydrogen-bond acceptors (Lipinski definition) is 1. The van der Waals surface area contributed by atoms with Gasteiger partial charge in [-0.1, -0.05) is 46.0 Å². The summed E-state index contributed by atoms with van der Waals surface area (Å²) in [5.74, 6) is 3.99. The van der Waals surface area contributed by atoms with Crippen molar-refractivity contribution in [1.29, 1.82) is 0 Å². The van der Waals surface area contributed by atoms with Gasteiger partial charge in [0.25, 0.3) is 0 Å². The summed E-state index contributed by atoms with van der Waals surface area (Å²) in [6.07, 6.45) is 12.0. The maximum Gasteiger partial charge on any atom is -0.00124 e. The van der Waals surface area contributed by atoms with Crippen LogP contribution >= 0.6 is 0 Å². The average Bonchev–Trinajstić information content (AvgIpc) is 2.89. The molecule has 0 aromatic rings. The molecule has 3 rings (SSSR count). The molecule has 1 heteroatoms. The molecule has 0 aromatic heterocycles. The van der Waals surface area contributed by atoms with Gasteiger partial charge in [-0.15, -0.1) is 0 Å². The first-order valence-electron chi connectivity index (χ1n) is 8.43. The number of piperidine rings is 1. The second-order valence-corrected chi connectivity index (χ2v) is 7.62. The van der Waals surface area contributed by atoms with Crippen LogP contribution in [0.15, 0.2) is 0 Å². The molecule has 1 spiro atoms. The maximum atomic E-state index is 3.72. The molecule has 1 nitrogen and oxygen atoms in total. The smallest absolute Gasteiger partial charge is 0.00124 e. The lowest BCUT2D eigenvalue weighted by Crippen LogP contribution is -2.52. The first kappa shape index (κ1) is 13.0. The number of nitrogens with one attached hydrogen (secondary N) is 1. The van der Waals surface area contributed by atoms with E-state index in [0.29, 0.717) is 5.41 Å². The van der Waals surface area contributed by atoms with Crippen molar-refractivity contribution >= 4 is 0 Å². The Kier molecular flexibility index (Phi) is 3.71. The molecule has 4 unspecified atom stereocenters. The van der Waals surface area contributed by atoms with Crippen molar-refractivity contribution in [2.75, 3.05) is 13.1 Å². The topological polar surface area (TPSA) is 12.0 Å². The first-order valence-corrected chi connectivity index (χ1v) is 8.43. The lowest BCUT2D eigenvalue weighted by molar-refractivity contribution is -0.0359. The molecule has 0 radical (unpaired) electrons. The molecular formula is C17H31N. The molecule has 2 saturated carbocycles. The van der Waals surface area contributed by atoms with Crippen LogP contribution in [-0.4, -0.2) is 13.1 Å². The minimum atomic E-state index is 0.715. The third-order valence-corrected chi connectivity index (χ3v) is 6.68. The lowest BCUT2D eigenvalue weighted by atomic mass is 9.53. The van der Waals surface area contributed by atoms with E-state index >= 15 is 0 Å². The molecule has 0 aromatic carbocycles. The van der Waals surface area contributed by atoms with E-state index in [9.17, 15) is 0 Å². The van der Waals surface area contributed by atoms with Crippen LogP contribution in [-0.2, 0) is 0 Å². The Hall–Kier alpha value is -0.0400. The Labute approximate surface area is 113 Å². The maximum absolute atomic E-state index is 3.72. The summed E-state index contributed by atoms with van der Waals surface area (Å²) in [5, 5.41) is 3.72. The zero-order chi connectivity index (χ0) is 12.6. The van der Waals surface area contributed by atoms with Crippen LogP contribution in [0.1, 0.15) is 65.2 Å². The highest BCUT2D eigenvalue weighted by Gasteiger charge is 2.49. The third kappa shape index (κ3) is 2.13. The molecular weight excluding hydrogens is 218 g/mol. The highest BCUT2D eigenvalue weighted by Crippen LogP contribution is 2.55. The van der Waals surface area contributed by atoms with E-state index in [2.05, 4.69) is 19.2 Å².